The number of carbonyl (C=O) groups is 2. The standard InChI is InChI=1S/C15H15N5O4S2/c1-4-8-18-19-15(25-8)17-11(21)7(3)20-5-16-12-9(13(20)22)6(2)10(26-12)14(23)24/h5,7H,4H2,1-3H3,(H,23,24)(H,17,19,21). The molecule has 1 amide bonds. The molecule has 0 saturated heterocycles. The first-order valence-electron chi connectivity index (χ1n) is 7.70. The van der Waals surface area contributed by atoms with E-state index in [1.165, 1.54) is 22.2 Å². The number of aromatic nitrogens is 4. The number of aromatic carboxylic acids is 1. The number of carboxylic acids is 1. The van der Waals surface area contributed by atoms with Crippen LogP contribution in [0.15, 0.2) is 11.1 Å². The molecule has 9 nitrogen and oxygen atoms in total. The molecule has 0 radical (unpaired) electrons. The molecule has 0 fully saturated rings. The fourth-order valence-corrected chi connectivity index (χ4v) is 4.06. The molecule has 11 heteroatoms. The molecule has 0 aliphatic carbocycles. The zero-order chi connectivity index (χ0) is 19.0. The van der Waals surface area contributed by atoms with Crippen LogP contribution >= 0.6 is 22.7 Å². The number of carboxylic acid groups (broad SMARTS) is 1. The summed E-state index contributed by atoms with van der Waals surface area (Å²) >= 11 is 2.21. The molecule has 3 aromatic heterocycles. The minimum Gasteiger partial charge on any atom is -0.477 e. The third kappa shape index (κ3) is 3.10. The monoisotopic (exact) mass is 393 g/mol. The minimum absolute atomic E-state index is 0.0698. The van der Waals surface area contributed by atoms with Crippen LogP contribution in [-0.4, -0.2) is 36.7 Å². The van der Waals surface area contributed by atoms with Gasteiger partial charge in [0, 0.05) is 0 Å². The Bertz CT molecular complexity index is 1070. The summed E-state index contributed by atoms with van der Waals surface area (Å²) in [7, 11) is 0. The highest BCUT2D eigenvalue weighted by atomic mass is 32.1. The summed E-state index contributed by atoms with van der Waals surface area (Å²) in [5.41, 5.74) is -0.0981. The SMILES string of the molecule is CCc1nnc(NC(=O)C(C)n2cnc3sc(C(=O)O)c(C)c3c2=O)s1. The molecule has 0 saturated carbocycles. The van der Waals surface area contributed by atoms with E-state index in [9.17, 15) is 19.5 Å². The maximum absolute atomic E-state index is 12.8. The molecule has 0 spiro atoms. The highest BCUT2D eigenvalue weighted by Gasteiger charge is 2.23. The number of fused-ring (bicyclic) bond motifs is 1. The number of anilines is 1. The smallest absolute Gasteiger partial charge is 0.346 e. The number of amides is 1. The van der Waals surface area contributed by atoms with E-state index >= 15 is 0 Å². The van der Waals surface area contributed by atoms with Gasteiger partial charge >= 0.3 is 5.97 Å². The molecule has 0 bridgehead atoms. The van der Waals surface area contributed by atoms with Crippen molar-refractivity contribution in [1.29, 1.82) is 0 Å². The Kier molecular flexibility index (Phi) is 4.83. The van der Waals surface area contributed by atoms with E-state index in [2.05, 4.69) is 20.5 Å². The summed E-state index contributed by atoms with van der Waals surface area (Å²) < 4.78 is 1.19. The second-order valence-electron chi connectivity index (χ2n) is 5.52. The van der Waals surface area contributed by atoms with Crippen molar-refractivity contribution in [3.63, 3.8) is 0 Å². The maximum Gasteiger partial charge on any atom is 0.346 e. The Morgan fingerprint density at radius 1 is 1.35 bits per heavy atom. The molecule has 2 N–H and O–H groups in total. The second-order valence-corrected chi connectivity index (χ2v) is 7.58. The molecule has 1 unspecified atom stereocenters. The number of aryl methyl sites for hydroxylation is 2. The van der Waals surface area contributed by atoms with Crippen molar-refractivity contribution in [3.8, 4) is 0 Å². The topological polar surface area (TPSA) is 127 Å². The highest BCUT2D eigenvalue weighted by Crippen LogP contribution is 2.27. The van der Waals surface area contributed by atoms with Gasteiger partial charge in [-0.1, -0.05) is 18.3 Å². The number of nitrogens with one attached hydrogen (secondary N) is 1. The van der Waals surface area contributed by atoms with Gasteiger partial charge in [0.1, 0.15) is 20.8 Å². The van der Waals surface area contributed by atoms with E-state index in [4.69, 9.17) is 0 Å². The van der Waals surface area contributed by atoms with Gasteiger partial charge in [-0.05, 0) is 25.8 Å². The molecule has 0 aromatic carbocycles. The normalized spacial score (nSPS) is 12.3. The summed E-state index contributed by atoms with van der Waals surface area (Å²) in [6.45, 7) is 5.06. The maximum atomic E-state index is 12.8. The average molecular weight is 393 g/mol. The molecule has 26 heavy (non-hydrogen) atoms. The van der Waals surface area contributed by atoms with Gasteiger partial charge in [-0.3, -0.25) is 19.5 Å². The summed E-state index contributed by atoms with van der Waals surface area (Å²) in [5, 5.41) is 21.0. The van der Waals surface area contributed by atoms with Gasteiger partial charge in [0.25, 0.3) is 5.56 Å². The number of carbonyl (C=O) groups excluding carboxylic acids is 1. The van der Waals surface area contributed by atoms with Crippen molar-refractivity contribution in [2.75, 3.05) is 5.32 Å². The van der Waals surface area contributed by atoms with Crippen molar-refractivity contribution in [3.05, 3.63) is 32.1 Å². The van der Waals surface area contributed by atoms with Gasteiger partial charge < -0.3 is 5.11 Å². The Morgan fingerprint density at radius 2 is 2.08 bits per heavy atom. The van der Waals surface area contributed by atoms with Crippen LogP contribution in [0.3, 0.4) is 0 Å². The molecular formula is C15H15N5O4S2. The van der Waals surface area contributed by atoms with Crippen LogP contribution in [0.2, 0.25) is 0 Å². The first kappa shape index (κ1) is 18.1. The van der Waals surface area contributed by atoms with Crippen LogP contribution < -0.4 is 10.9 Å². The number of hydrogen-bond donors (Lipinski definition) is 2. The van der Waals surface area contributed by atoms with Crippen molar-refractivity contribution >= 4 is 49.9 Å². The molecular weight excluding hydrogens is 378 g/mol. The first-order chi connectivity index (χ1) is 12.3. The van der Waals surface area contributed by atoms with E-state index in [0.29, 0.717) is 21.9 Å². The Labute approximate surface area is 155 Å². The number of rotatable bonds is 5. The largest absolute Gasteiger partial charge is 0.477 e. The summed E-state index contributed by atoms with van der Waals surface area (Å²) in [6.07, 6.45) is 1.97. The summed E-state index contributed by atoms with van der Waals surface area (Å²) in [4.78, 5) is 41.0. The Morgan fingerprint density at radius 3 is 2.69 bits per heavy atom. The quantitative estimate of drug-likeness (QED) is 0.679. The first-order valence-corrected chi connectivity index (χ1v) is 9.33. The van der Waals surface area contributed by atoms with Crippen LogP contribution in [0, 0.1) is 6.92 Å². The van der Waals surface area contributed by atoms with Crippen molar-refractivity contribution in [2.24, 2.45) is 0 Å². The molecule has 3 heterocycles. The van der Waals surface area contributed by atoms with Gasteiger partial charge in [-0.2, -0.15) is 0 Å². The van der Waals surface area contributed by atoms with Crippen LogP contribution in [-0.2, 0) is 11.2 Å². The lowest BCUT2D eigenvalue weighted by molar-refractivity contribution is -0.118. The lowest BCUT2D eigenvalue weighted by Crippen LogP contribution is -2.31. The predicted octanol–water partition coefficient (Wildman–Crippen LogP) is 2.08. The molecule has 1 atom stereocenters. The predicted molar refractivity (Wildman–Crippen MR) is 98.2 cm³/mol. The zero-order valence-electron chi connectivity index (χ0n) is 14.1. The van der Waals surface area contributed by atoms with Crippen molar-refractivity contribution < 1.29 is 14.7 Å². The molecule has 3 rings (SSSR count). The van der Waals surface area contributed by atoms with Crippen LogP contribution in [0.25, 0.3) is 10.2 Å². The summed E-state index contributed by atoms with van der Waals surface area (Å²) in [6, 6.07) is -0.846. The van der Waals surface area contributed by atoms with Crippen molar-refractivity contribution in [1.82, 2.24) is 19.7 Å². The molecule has 136 valence electrons. The van der Waals surface area contributed by atoms with E-state index in [0.717, 1.165) is 16.3 Å². The number of thiophene rings is 1. The number of nitrogens with zero attached hydrogens (tertiary/aromatic N) is 4. The second kappa shape index (κ2) is 6.92. The molecule has 0 aliphatic heterocycles. The van der Waals surface area contributed by atoms with Crippen molar-refractivity contribution in [2.45, 2.75) is 33.2 Å². The fourth-order valence-electron chi connectivity index (χ4n) is 2.40. The molecule has 0 aliphatic rings. The third-order valence-corrected chi connectivity index (χ3v) is 6.04. The number of hydrogen-bond acceptors (Lipinski definition) is 8. The van der Waals surface area contributed by atoms with Gasteiger partial charge in [0.15, 0.2) is 0 Å². The molecule has 3 aromatic rings. The van der Waals surface area contributed by atoms with E-state index < -0.39 is 23.5 Å². The van der Waals surface area contributed by atoms with E-state index in [1.54, 1.807) is 13.8 Å². The Hall–Kier alpha value is -2.66. The van der Waals surface area contributed by atoms with Gasteiger partial charge in [0.2, 0.25) is 11.0 Å². The van der Waals surface area contributed by atoms with Gasteiger partial charge in [-0.25, -0.2) is 9.78 Å². The summed E-state index contributed by atoms with van der Waals surface area (Å²) in [5.74, 6) is -1.54. The van der Waals surface area contributed by atoms with Gasteiger partial charge in [0.05, 0.1) is 11.7 Å². The van der Waals surface area contributed by atoms with E-state index in [1.807, 2.05) is 6.92 Å². The van der Waals surface area contributed by atoms with Crippen LogP contribution in [0.5, 0.6) is 0 Å². The lowest BCUT2D eigenvalue weighted by Gasteiger charge is -2.13. The van der Waals surface area contributed by atoms with Crippen LogP contribution in [0.1, 0.15) is 40.1 Å². The highest BCUT2D eigenvalue weighted by molar-refractivity contribution is 7.20. The third-order valence-electron chi connectivity index (χ3n) is 3.87. The zero-order valence-corrected chi connectivity index (χ0v) is 15.8. The lowest BCUT2D eigenvalue weighted by atomic mass is 10.2. The average Bonchev–Trinajstić information content (AvgIpc) is 3.19. The van der Waals surface area contributed by atoms with Crippen LogP contribution in [0.4, 0.5) is 5.13 Å². The fraction of sp³-hybridized carbons (Fsp3) is 0.333. The minimum atomic E-state index is -1.11. The van der Waals surface area contributed by atoms with E-state index in [-0.39, 0.29) is 10.3 Å². The van der Waals surface area contributed by atoms with Gasteiger partial charge in [-0.15, -0.1) is 21.5 Å². The Balaban J connectivity index is 1.95.